The van der Waals surface area contributed by atoms with E-state index in [9.17, 15) is 4.79 Å². The molecule has 1 amide bonds. The summed E-state index contributed by atoms with van der Waals surface area (Å²) in [6.07, 6.45) is 5.10. The van der Waals surface area contributed by atoms with Crippen molar-refractivity contribution in [2.75, 3.05) is 0 Å². The molecular weight excluding hydrogens is 236 g/mol. The lowest BCUT2D eigenvalue weighted by atomic mass is 9.79. The Bertz CT molecular complexity index is 622. The number of aryl methyl sites for hydroxylation is 1. The highest BCUT2D eigenvalue weighted by atomic mass is 16.1. The maximum absolute atomic E-state index is 11.2. The van der Waals surface area contributed by atoms with Gasteiger partial charge in [0, 0.05) is 12.1 Å². The van der Waals surface area contributed by atoms with Crippen LogP contribution >= 0.6 is 0 Å². The minimum Gasteiger partial charge on any atom is -0.364 e. The first-order valence-corrected chi connectivity index (χ1v) is 6.59. The van der Waals surface area contributed by atoms with E-state index in [1.807, 2.05) is 12.1 Å². The van der Waals surface area contributed by atoms with Gasteiger partial charge in [-0.15, -0.1) is 0 Å². The van der Waals surface area contributed by atoms with Gasteiger partial charge in [0.05, 0.1) is 0 Å². The molecule has 1 aliphatic carbocycles. The normalized spacial score (nSPS) is 17.8. The number of hydrogen-bond acceptors (Lipinski definition) is 2. The van der Waals surface area contributed by atoms with Gasteiger partial charge in [-0.2, -0.15) is 0 Å². The fraction of sp³-hybridized carbons (Fsp3) is 0.250. The van der Waals surface area contributed by atoms with Crippen LogP contribution in [0, 0.1) is 0 Å². The third-order valence-corrected chi connectivity index (χ3v) is 3.81. The molecule has 1 unspecified atom stereocenters. The molecule has 0 saturated carbocycles. The molecule has 1 atom stereocenters. The van der Waals surface area contributed by atoms with Crippen LogP contribution in [0.25, 0.3) is 0 Å². The van der Waals surface area contributed by atoms with Crippen molar-refractivity contribution in [3.8, 4) is 0 Å². The second kappa shape index (κ2) is 4.84. The van der Waals surface area contributed by atoms with E-state index in [1.165, 1.54) is 17.5 Å². The molecule has 19 heavy (non-hydrogen) atoms. The van der Waals surface area contributed by atoms with Gasteiger partial charge in [0.1, 0.15) is 5.69 Å². The lowest BCUT2D eigenvalue weighted by Gasteiger charge is -2.25. The van der Waals surface area contributed by atoms with E-state index in [0.29, 0.717) is 11.6 Å². The van der Waals surface area contributed by atoms with Crippen molar-refractivity contribution >= 4 is 5.91 Å². The number of aromatic nitrogens is 1. The summed E-state index contributed by atoms with van der Waals surface area (Å²) in [6, 6.07) is 12.4. The number of nitrogens with two attached hydrogens (primary N) is 1. The quantitative estimate of drug-likeness (QED) is 0.893. The van der Waals surface area contributed by atoms with Crippen LogP contribution < -0.4 is 5.73 Å². The first-order chi connectivity index (χ1) is 9.25. The first-order valence-electron chi connectivity index (χ1n) is 6.59. The average Bonchev–Trinajstić information content (AvgIpc) is 2.47. The average molecular weight is 252 g/mol. The van der Waals surface area contributed by atoms with Crippen LogP contribution in [0.3, 0.4) is 0 Å². The fourth-order valence-corrected chi connectivity index (χ4v) is 2.90. The molecular formula is C16H16N2O. The molecule has 0 radical (unpaired) electrons. The zero-order chi connectivity index (χ0) is 13.2. The largest absolute Gasteiger partial charge is 0.364 e. The predicted octanol–water partition coefficient (Wildman–Crippen LogP) is 2.65. The number of amides is 1. The van der Waals surface area contributed by atoms with Crippen molar-refractivity contribution < 1.29 is 4.79 Å². The molecule has 1 aromatic carbocycles. The molecule has 0 aliphatic heterocycles. The van der Waals surface area contributed by atoms with Crippen molar-refractivity contribution in [2.24, 2.45) is 5.73 Å². The van der Waals surface area contributed by atoms with E-state index >= 15 is 0 Å². The molecule has 2 N–H and O–H groups in total. The highest BCUT2D eigenvalue weighted by Gasteiger charge is 2.21. The predicted molar refractivity (Wildman–Crippen MR) is 74.0 cm³/mol. The summed E-state index contributed by atoms with van der Waals surface area (Å²) >= 11 is 0. The van der Waals surface area contributed by atoms with E-state index in [4.69, 9.17) is 5.73 Å². The van der Waals surface area contributed by atoms with Gasteiger partial charge in [-0.1, -0.05) is 24.3 Å². The van der Waals surface area contributed by atoms with Crippen LogP contribution in [0.4, 0.5) is 0 Å². The zero-order valence-corrected chi connectivity index (χ0v) is 10.7. The molecule has 0 bridgehead atoms. The number of pyridine rings is 1. The second-order valence-corrected chi connectivity index (χ2v) is 4.98. The molecule has 96 valence electrons. The summed E-state index contributed by atoms with van der Waals surface area (Å²) in [5.74, 6) is -0.114. The molecule has 0 fully saturated rings. The summed E-state index contributed by atoms with van der Waals surface area (Å²) in [5.41, 5.74) is 9.57. The Kier molecular flexibility index (Phi) is 3.03. The fourth-order valence-electron chi connectivity index (χ4n) is 2.90. The highest BCUT2D eigenvalue weighted by molar-refractivity contribution is 5.90. The summed E-state index contributed by atoms with van der Waals surface area (Å²) in [5, 5.41) is 0. The van der Waals surface area contributed by atoms with Gasteiger partial charge >= 0.3 is 0 Å². The van der Waals surface area contributed by atoms with E-state index in [1.54, 1.807) is 6.20 Å². The van der Waals surface area contributed by atoms with Crippen LogP contribution in [0.1, 0.15) is 45.9 Å². The van der Waals surface area contributed by atoms with Gasteiger partial charge in [0.25, 0.3) is 5.91 Å². The summed E-state index contributed by atoms with van der Waals surface area (Å²) in [7, 11) is 0. The number of fused-ring (bicyclic) bond motifs is 1. The molecule has 3 rings (SSSR count). The molecule has 2 aromatic rings. The lowest BCUT2D eigenvalue weighted by Crippen LogP contribution is -2.15. The van der Waals surface area contributed by atoms with Crippen molar-refractivity contribution in [1.82, 2.24) is 4.98 Å². The van der Waals surface area contributed by atoms with Crippen LogP contribution in [-0.4, -0.2) is 10.9 Å². The Hall–Kier alpha value is -2.16. The molecule has 0 saturated heterocycles. The van der Waals surface area contributed by atoms with Gasteiger partial charge < -0.3 is 5.73 Å². The third-order valence-electron chi connectivity index (χ3n) is 3.81. The van der Waals surface area contributed by atoms with E-state index < -0.39 is 5.91 Å². The standard InChI is InChI=1S/C16H16N2O/c17-16(19)15-10-12(8-9-18-15)14-7-3-5-11-4-1-2-6-13(11)14/h1-2,4,6,8-10,14H,3,5,7H2,(H2,17,19). The van der Waals surface area contributed by atoms with Crippen molar-refractivity contribution in [1.29, 1.82) is 0 Å². The number of rotatable bonds is 2. The Morgan fingerprint density at radius 1 is 1.26 bits per heavy atom. The minimum absolute atomic E-state index is 0.348. The Morgan fingerprint density at radius 3 is 2.95 bits per heavy atom. The van der Waals surface area contributed by atoms with Crippen molar-refractivity contribution in [3.05, 3.63) is 65.0 Å². The Balaban J connectivity index is 2.04. The number of nitrogens with zero attached hydrogens (tertiary/aromatic N) is 1. The van der Waals surface area contributed by atoms with E-state index in [0.717, 1.165) is 18.4 Å². The lowest BCUT2D eigenvalue weighted by molar-refractivity contribution is 0.0995. The van der Waals surface area contributed by atoms with Crippen molar-refractivity contribution in [3.63, 3.8) is 0 Å². The smallest absolute Gasteiger partial charge is 0.267 e. The zero-order valence-electron chi connectivity index (χ0n) is 10.7. The van der Waals surface area contributed by atoms with Crippen LogP contribution in [0.2, 0.25) is 0 Å². The van der Waals surface area contributed by atoms with Crippen LogP contribution in [0.15, 0.2) is 42.6 Å². The highest BCUT2D eigenvalue weighted by Crippen LogP contribution is 2.36. The van der Waals surface area contributed by atoms with Crippen LogP contribution in [0.5, 0.6) is 0 Å². The van der Waals surface area contributed by atoms with Gasteiger partial charge in [0.15, 0.2) is 0 Å². The molecule has 0 spiro atoms. The van der Waals surface area contributed by atoms with Crippen LogP contribution in [-0.2, 0) is 6.42 Å². The molecule has 1 aliphatic rings. The Morgan fingerprint density at radius 2 is 2.11 bits per heavy atom. The monoisotopic (exact) mass is 252 g/mol. The summed E-state index contributed by atoms with van der Waals surface area (Å²) < 4.78 is 0. The maximum Gasteiger partial charge on any atom is 0.267 e. The molecule has 3 heteroatoms. The molecule has 1 aromatic heterocycles. The van der Waals surface area contributed by atoms with E-state index in [-0.39, 0.29) is 0 Å². The minimum atomic E-state index is -0.467. The van der Waals surface area contributed by atoms with Gasteiger partial charge in [0.2, 0.25) is 0 Å². The summed E-state index contributed by atoms with van der Waals surface area (Å²) in [4.78, 5) is 15.3. The maximum atomic E-state index is 11.2. The first kappa shape index (κ1) is 11.9. The number of benzene rings is 1. The van der Waals surface area contributed by atoms with Gasteiger partial charge in [-0.25, -0.2) is 0 Å². The van der Waals surface area contributed by atoms with Crippen molar-refractivity contribution in [2.45, 2.75) is 25.2 Å². The molecule has 1 heterocycles. The number of hydrogen-bond donors (Lipinski definition) is 1. The van der Waals surface area contributed by atoms with E-state index in [2.05, 4.69) is 29.2 Å². The molecule has 3 nitrogen and oxygen atoms in total. The number of primary amides is 1. The summed E-state index contributed by atoms with van der Waals surface area (Å²) in [6.45, 7) is 0. The van der Waals surface area contributed by atoms with Gasteiger partial charge in [-0.05, 0) is 48.1 Å². The number of carbonyl (C=O) groups is 1. The second-order valence-electron chi connectivity index (χ2n) is 4.98. The third kappa shape index (κ3) is 2.24. The number of carbonyl (C=O) groups excluding carboxylic acids is 1. The van der Waals surface area contributed by atoms with Gasteiger partial charge in [-0.3, -0.25) is 9.78 Å². The topological polar surface area (TPSA) is 56.0 Å². The Labute approximate surface area is 112 Å². The SMILES string of the molecule is NC(=O)c1cc(C2CCCc3ccccc32)ccn1.